The lowest BCUT2D eigenvalue weighted by Crippen LogP contribution is -2.34. The minimum atomic E-state index is 0.000205. The van der Waals surface area contributed by atoms with Crippen molar-refractivity contribution in [2.24, 2.45) is 7.05 Å². The molecule has 0 bridgehead atoms. The lowest BCUT2D eigenvalue weighted by atomic mass is 9.98. The van der Waals surface area contributed by atoms with Crippen LogP contribution in [-0.4, -0.2) is 46.5 Å². The van der Waals surface area contributed by atoms with E-state index >= 15 is 0 Å². The average molecular weight is 302 g/mol. The molecule has 1 aliphatic heterocycles. The number of ether oxygens (including phenoxy) is 1. The first-order valence-corrected chi connectivity index (χ1v) is 7.50. The van der Waals surface area contributed by atoms with Crippen molar-refractivity contribution in [3.8, 4) is 0 Å². The quantitative estimate of drug-likeness (QED) is 0.925. The van der Waals surface area contributed by atoms with Gasteiger partial charge < -0.3 is 15.0 Å². The normalized spacial score (nSPS) is 21.6. The minimum absolute atomic E-state index is 0.000205. The van der Waals surface area contributed by atoms with Crippen LogP contribution in [0.5, 0.6) is 0 Å². The van der Waals surface area contributed by atoms with Crippen LogP contribution in [0, 0.1) is 0 Å². The van der Waals surface area contributed by atoms with Gasteiger partial charge in [-0.15, -0.1) is 0 Å². The molecule has 7 nitrogen and oxygen atoms in total. The topological polar surface area (TPSA) is 68.1 Å². The Labute approximate surface area is 130 Å². The van der Waals surface area contributed by atoms with Crippen molar-refractivity contribution in [3.63, 3.8) is 0 Å². The van der Waals surface area contributed by atoms with E-state index in [0.29, 0.717) is 5.95 Å². The number of hydrogen-bond acceptors (Lipinski definition) is 6. The second-order valence-corrected chi connectivity index (χ2v) is 5.77. The molecule has 2 aromatic rings. The third-order valence-electron chi connectivity index (χ3n) is 3.75. The fourth-order valence-corrected chi connectivity index (χ4v) is 2.68. The molecule has 0 radical (unpaired) electrons. The highest BCUT2D eigenvalue weighted by molar-refractivity contribution is 5.41. The Morgan fingerprint density at radius 1 is 1.41 bits per heavy atom. The third kappa shape index (κ3) is 3.19. The molecule has 1 saturated heterocycles. The smallest absolute Gasteiger partial charge is 0.226 e. The number of aromatic nitrogens is 4. The van der Waals surface area contributed by atoms with Gasteiger partial charge in [-0.3, -0.25) is 4.68 Å². The SMILES string of the molecule is CN(C)c1nccc(N[C@H]2CCCO[C@@H]2c2cnn(C)c2)n1. The summed E-state index contributed by atoms with van der Waals surface area (Å²) in [6.07, 6.45) is 7.74. The third-order valence-corrected chi connectivity index (χ3v) is 3.75. The summed E-state index contributed by atoms with van der Waals surface area (Å²) in [6, 6.07) is 2.07. The standard InChI is InChI=1S/C15H22N6O/c1-20(2)15-16-7-6-13(19-15)18-12-5-4-8-22-14(12)11-9-17-21(3)10-11/h6-7,9-10,12,14H,4-5,8H2,1-3H3,(H,16,18,19)/t12-,14+/m0/s1. The summed E-state index contributed by atoms with van der Waals surface area (Å²) in [6.45, 7) is 0.782. The van der Waals surface area contributed by atoms with E-state index in [-0.39, 0.29) is 12.1 Å². The Morgan fingerprint density at radius 3 is 3.00 bits per heavy atom. The summed E-state index contributed by atoms with van der Waals surface area (Å²) in [5, 5.41) is 7.74. The Hall–Kier alpha value is -2.15. The van der Waals surface area contributed by atoms with Crippen molar-refractivity contribution >= 4 is 11.8 Å². The highest BCUT2D eigenvalue weighted by atomic mass is 16.5. The molecule has 1 N–H and O–H groups in total. The zero-order valence-corrected chi connectivity index (χ0v) is 13.2. The Balaban J connectivity index is 1.78. The molecule has 7 heteroatoms. The first-order valence-electron chi connectivity index (χ1n) is 7.50. The molecule has 1 aliphatic rings. The van der Waals surface area contributed by atoms with Crippen molar-refractivity contribution in [1.82, 2.24) is 19.7 Å². The molecular weight excluding hydrogens is 280 g/mol. The molecular formula is C15H22N6O. The van der Waals surface area contributed by atoms with Gasteiger partial charge >= 0.3 is 0 Å². The zero-order valence-electron chi connectivity index (χ0n) is 13.2. The summed E-state index contributed by atoms with van der Waals surface area (Å²) in [7, 11) is 5.78. The lowest BCUT2D eigenvalue weighted by molar-refractivity contribution is 0.00552. The van der Waals surface area contributed by atoms with Gasteiger partial charge in [-0.25, -0.2) is 4.98 Å². The van der Waals surface area contributed by atoms with E-state index in [4.69, 9.17) is 4.74 Å². The maximum atomic E-state index is 5.97. The molecule has 0 spiro atoms. The monoisotopic (exact) mass is 302 g/mol. The van der Waals surface area contributed by atoms with E-state index < -0.39 is 0 Å². The van der Waals surface area contributed by atoms with Crippen molar-refractivity contribution in [2.75, 3.05) is 30.9 Å². The van der Waals surface area contributed by atoms with Crippen LogP contribution in [0.1, 0.15) is 24.5 Å². The highest BCUT2D eigenvalue weighted by Crippen LogP contribution is 2.30. The van der Waals surface area contributed by atoms with Gasteiger partial charge in [0.25, 0.3) is 0 Å². The first-order chi connectivity index (χ1) is 10.6. The number of hydrogen-bond donors (Lipinski definition) is 1. The number of rotatable bonds is 4. The van der Waals surface area contributed by atoms with Gasteiger partial charge in [0.1, 0.15) is 11.9 Å². The van der Waals surface area contributed by atoms with Crippen LogP contribution in [0.4, 0.5) is 11.8 Å². The molecule has 3 rings (SSSR count). The Kier molecular flexibility index (Phi) is 4.24. The predicted molar refractivity (Wildman–Crippen MR) is 84.9 cm³/mol. The molecule has 0 aromatic carbocycles. The molecule has 22 heavy (non-hydrogen) atoms. The fraction of sp³-hybridized carbons (Fsp3) is 0.533. The summed E-state index contributed by atoms with van der Waals surface area (Å²) >= 11 is 0. The largest absolute Gasteiger partial charge is 0.371 e. The second kappa shape index (κ2) is 6.31. The van der Waals surface area contributed by atoms with Crippen LogP contribution in [0.15, 0.2) is 24.7 Å². The van der Waals surface area contributed by atoms with Crippen LogP contribution < -0.4 is 10.2 Å². The second-order valence-electron chi connectivity index (χ2n) is 5.77. The molecule has 2 aromatic heterocycles. The van der Waals surface area contributed by atoms with Gasteiger partial charge in [-0.05, 0) is 18.9 Å². The van der Waals surface area contributed by atoms with Crippen molar-refractivity contribution in [1.29, 1.82) is 0 Å². The molecule has 118 valence electrons. The highest BCUT2D eigenvalue weighted by Gasteiger charge is 2.28. The maximum Gasteiger partial charge on any atom is 0.226 e. The predicted octanol–water partition coefficient (Wildman–Crippen LogP) is 1.61. The van der Waals surface area contributed by atoms with Crippen LogP contribution >= 0.6 is 0 Å². The number of aryl methyl sites for hydroxylation is 1. The van der Waals surface area contributed by atoms with Gasteiger partial charge in [0, 0.05) is 45.7 Å². The van der Waals surface area contributed by atoms with Crippen LogP contribution in [0.3, 0.4) is 0 Å². The van der Waals surface area contributed by atoms with Gasteiger partial charge in [-0.1, -0.05) is 0 Å². The van der Waals surface area contributed by atoms with Crippen LogP contribution in [-0.2, 0) is 11.8 Å². The molecule has 0 aliphatic carbocycles. The van der Waals surface area contributed by atoms with Crippen molar-refractivity contribution in [2.45, 2.75) is 25.0 Å². The molecule has 0 amide bonds. The van der Waals surface area contributed by atoms with Crippen molar-refractivity contribution in [3.05, 3.63) is 30.2 Å². The van der Waals surface area contributed by atoms with Gasteiger partial charge in [0.2, 0.25) is 5.95 Å². The molecule has 0 saturated carbocycles. The van der Waals surface area contributed by atoms with E-state index in [1.165, 1.54) is 0 Å². The van der Waals surface area contributed by atoms with Gasteiger partial charge in [-0.2, -0.15) is 10.1 Å². The maximum absolute atomic E-state index is 5.97. The number of anilines is 2. The van der Waals surface area contributed by atoms with Gasteiger partial charge in [0.05, 0.1) is 12.2 Å². The number of nitrogens with zero attached hydrogens (tertiary/aromatic N) is 5. The lowest BCUT2D eigenvalue weighted by Gasteiger charge is -2.32. The Bertz CT molecular complexity index is 626. The summed E-state index contributed by atoms with van der Waals surface area (Å²) in [4.78, 5) is 10.7. The van der Waals surface area contributed by atoms with Gasteiger partial charge in [0.15, 0.2) is 0 Å². The molecule has 3 heterocycles. The first kappa shape index (κ1) is 14.8. The fourth-order valence-electron chi connectivity index (χ4n) is 2.68. The number of nitrogens with one attached hydrogen (secondary N) is 1. The average Bonchev–Trinajstić information content (AvgIpc) is 2.94. The van der Waals surface area contributed by atoms with Crippen LogP contribution in [0.2, 0.25) is 0 Å². The van der Waals surface area contributed by atoms with E-state index in [1.54, 1.807) is 10.9 Å². The van der Waals surface area contributed by atoms with E-state index in [0.717, 1.165) is 30.8 Å². The minimum Gasteiger partial charge on any atom is -0.371 e. The summed E-state index contributed by atoms with van der Waals surface area (Å²) in [5.74, 6) is 1.52. The Morgan fingerprint density at radius 2 is 2.27 bits per heavy atom. The summed E-state index contributed by atoms with van der Waals surface area (Å²) in [5.41, 5.74) is 1.10. The molecule has 2 atom stereocenters. The summed E-state index contributed by atoms with van der Waals surface area (Å²) < 4.78 is 7.77. The van der Waals surface area contributed by atoms with Crippen molar-refractivity contribution < 1.29 is 4.74 Å². The van der Waals surface area contributed by atoms with Crippen LogP contribution in [0.25, 0.3) is 0 Å². The molecule has 0 unspecified atom stereocenters. The molecule has 1 fully saturated rings. The van der Waals surface area contributed by atoms with E-state index in [1.807, 2.05) is 44.5 Å². The van der Waals surface area contributed by atoms with E-state index in [2.05, 4.69) is 20.4 Å². The zero-order chi connectivity index (χ0) is 15.5. The van der Waals surface area contributed by atoms with E-state index in [9.17, 15) is 0 Å².